The molecule has 0 radical (unpaired) electrons. The molecule has 5 heterocycles. The molecular formula is C59H45N7. The average Bonchev–Trinajstić information content (AvgIpc) is 1.53. The van der Waals surface area contributed by atoms with Gasteiger partial charge in [-0.25, -0.2) is 0 Å². The van der Waals surface area contributed by atoms with E-state index in [1.54, 1.807) is 13.8 Å². The van der Waals surface area contributed by atoms with Crippen molar-refractivity contribution in [3.8, 4) is 28.7 Å². The summed E-state index contributed by atoms with van der Waals surface area (Å²) < 4.78 is 281. The lowest BCUT2D eigenvalue weighted by Gasteiger charge is -2.49. The number of fused-ring (bicyclic) bond motifs is 12. The highest BCUT2D eigenvalue weighted by atomic mass is 15.4. The first-order valence-electron chi connectivity index (χ1n) is 35.8. The summed E-state index contributed by atoms with van der Waals surface area (Å²) in [6.07, 6.45) is 1.53. The minimum Gasteiger partial charge on any atom is -0.309 e. The smallest absolute Gasteiger partial charge is 0.240 e. The van der Waals surface area contributed by atoms with Crippen LogP contribution in [0.3, 0.4) is 0 Å². The Kier molecular flexibility index (Phi) is 3.84. The van der Waals surface area contributed by atoms with E-state index >= 15 is 0 Å². The molecule has 0 saturated heterocycles. The molecule has 4 aromatic heterocycles. The van der Waals surface area contributed by atoms with E-state index in [4.69, 9.17) is 34.1 Å². The monoisotopic (exact) mass is 882 g/mol. The molecule has 1 aliphatic heterocycles. The zero-order valence-corrected chi connectivity index (χ0v) is 34.5. The van der Waals surface area contributed by atoms with Gasteiger partial charge in [-0.15, -0.1) is 0 Å². The van der Waals surface area contributed by atoms with Crippen LogP contribution in [0.2, 0.25) is 0 Å². The number of hydrogen-bond acceptors (Lipinski definition) is 4. The molecule has 12 aromatic rings. The molecule has 0 amide bonds. The van der Waals surface area contributed by atoms with E-state index in [-0.39, 0.29) is 28.4 Å². The lowest BCUT2D eigenvalue weighted by Crippen LogP contribution is -2.55. The normalized spacial score (nSPS) is 24.7. The van der Waals surface area contributed by atoms with E-state index in [0.717, 1.165) is 19.8 Å². The van der Waals surface area contributed by atoms with Crippen LogP contribution in [-0.4, -0.2) is 34.2 Å². The van der Waals surface area contributed by atoms with Crippen LogP contribution >= 0.6 is 0 Å². The van der Waals surface area contributed by atoms with Crippen LogP contribution in [0.4, 0.5) is 11.6 Å². The summed E-state index contributed by atoms with van der Waals surface area (Å²) in [6, 6.07) is -23.7. The Balaban J connectivity index is 1.22. The van der Waals surface area contributed by atoms with Gasteiger partial charge < -0.3 is 14.0 Å². The first kappa shape index (κ1) is 18.5. The van der Waals surface area contributed by atoms with Crippen LogP contribution in [0.25, 0.3) is 94.1 Å². The van der Waals surface area contributed by atoms with Gasteiger partial charge in [-0.3, -0.25) is 4.57 Å². The molecule has 2 unspecified atom stereocenters. The fraction of sp³-hybridized carbons (Fsp3) is 0.136. The van der Waals surface area contributed by atoms with Crippen LogP contribution in [-0.2, 0) is 5.41 Å². The maximum atomic E-state index is 10.3. The number of rotatable bonds is 5. The van der Waals surface area contributed by atoms with Crippen molar-refractivity contribution in [2.24, 2.45) is 0 Å². The van der Waals surface area contributed by atoms with Gasteiger partial charge >= 0.3 is 0 Å². The van der Waals surface area contributed by atoms with E-state index in [2.05, 4.69) is 0 Å². The molecule has 1 saturated carbocycles. The minimum atomic E-state index is -1.39. The topological polar surface area (TPSA) is 56.7 Å². The zero-order chi connectivity index (χ0) is 69.8. The van der Waals surface area contributed by atoms with Gasteiger partial charge in [0.05, 0.1) is 85.4 Å². The van der Waals surface area contributed by atoms with Crippen LogP contribution in [0.15, 0.2) is 187 Å². The molecule has 316 valence electrons. The molecule has 66 heavy (non-hydrogen) atoms. The van der Waals surface area contributed by atoms with Crippen molar-refractivity contribution in [3.63, 3.8) is 0 Å². The Hall–Kier alpha value is -8.03. The van der Waals surface area contributed by atoms with Gasteiger partial charge in [-0.2, -0.15) is 15.0 Å². The van der Waals surface area contributed by atoms with Gasteiger partial charge in [-0.1, -0.05) is 141 Å². The third kappa shape index (κ3) is 5.00. The first-order chi connectivity index (χ1) is 45.0. The van der Waals surface area contributed by atoms with Crippen molar-refractivity contribution in [3.05, 3.63) is 193 Å². The molecule has 8 aromatic carbocycles. The summed E-state index contributed by atoms with van der Waals surface area (Å²) in [5.74, 6) is -2.26. The predicted molar refractivity (Wildman–Crippen MR) is 271 cm³/mol. The number of anilines is 2. The maximum Gasteiger partial charge on any atom is 0.240 e. The molecule has 2 atom stereocenters. The number of hydrogen-bond donors (Lipinski definition) is 0. The number of benzene rings is 8. The molecule has 1 aliphatic carbocycles. The second-order valence-corrected chi connectivity index (χ2v) is 16.5. The van der Waals surface area contributed by atoms with E-state index < -0.39 is 282 Å². The highest BCUT2D eigenvalue weighted by molar-refractivity contribution is 6.12. The molecule has 0 spiro atoms. The minimum absolute atomic E-state index is 0.119. The van der Waals surface area contributed by atoms with Crippen LogP contribution in [0.1, 0.15) is 86.2 Å². The van der Waals surface area contributed by atoms with E-state index in [9.17, 15) is 21.9 Å². The fourth-order valence-corrected chi connectivity index (χ4v) is 10.2. The van der Waals surface area contributed by atoms with Crippen molar-refractivity contribution in [1.29, 1.82) is 0 Å². The third-order valence-electron chi connectivity index (χ3n) is 13.4. The van der Waals surface area contributed by atoms with Gasteiger partial charge in [0.2, 0.25) is 11.9 Å². The summed E-state index contributed by atoms with van der Waals surface area (Å²) in [4.78, 5) is 16.3. The lowest BCUT2D eigenvalue weighted by molar-refractivity contribution is 0.193. The second-order valence-electron chi connectivity index (χ2n) is 16.5. The van der Waals surface area contributed by atoms with E-state index in [0.29, 0.717) is 19.3 Å². The van der Waals surface area contributed by atoms with Crippen molar-refractivity contribution in [2.75, 3.05) is 4.90 Å². The van der Waals surface area contributed by atoms with Gasteiger partial charge in [0.25, 0.3) is 0 Å². The zero-order valence-electron chi connectivity index (χ0n) is 64.5. The quantitative estimate of drug-likeness (QED) is 0.173. The Morgan fingerprint density at radius 2 is 0.955 bits per heavy atom. The second kappa shape index (κ2) is 13.7. The summed E-state index contributed by atoms with van der Waals surface area (Å²) in [5.41, 5.74) is -8.39. The predicted octanol–water partition coefficient (Wildman–Crippen LogP) is 14.6. The first-order valence-corrected chi connectivity index (χ1v) is 20.8. The lowest BCUT2D eigenvalue weighted by atomic mass is 9.61. The number of aromatic nitrogens is 6. The molecule has 7 nitrogen and oxygen atoms in total. The average molecular weight is 882 g/mol. The standard InChI is InChI=1S/C59H45N7/c1-58-35-17-18-36-59(58,2)66(54-32-16-9-25-46(54)58)57-61-55(44-24-8-15-31-52(44)64-49-28-12-5-21-41(49)42-22-6-13-29-50(42)64)60-56(62-57)65-51-30-14-7-23-43(51)45-37-38(33-34-53(45)65)63-47-26-10-3-19-39(47)40-20-4-11-27-48(40)63/h3-16,19-34,37H,17-18,35-36H2,1-2H3/i3D,4D,5D,6D,7D,8D,9D,10D,11D,12D,13D,14D,15D,16D,19D,20D,21D,23D,24D,25D,26D,27D,28D,29D,30D,31D,32D,33D,34D,37D. The summed E-state index contributed by atoms with van der Waals surface area (Å²) in [7, 11) is 0. The van der Waals surface area contributed by atoms with Crippen molar-refractivity contribution in [2.45, 2.75) is 50.5 Å². The van der Waals surface area contributed by atoms with E-state index in [1.807, 2.05) is 0 Å². The third-order valence-corrected chi connectivity index (χ3v) is 13.4. The fourth-order valence-electron chi connectivity index (χ4n) is 10.2. The maximum absolute atomic E-state index is 10.3. The molecule has 2 aliphatic rings. The number of para-hydroxylation sites is 7. The molecule has 1 fully saturated rings. The van der Waals surface area contributed by atoms with Crippen LogP contribution in [0, 0.1) is 0 Å². The van der Waals surface area contributed by atoms with Gasteiger partial charge in [0.1, 0.15) is 0 Å². The molecule has 7 heteroatoms. The van der Waals surface area contributed by atoms with Crippen LogP contribution in [0.5, 0.6) is 0 Å². The Morgan fingerprint density at radius 1 is 0.439 bits per heavy atom. The SMILES string of the molecule is [2H]c1cc2c3c([2H])c([2H])c([2H])c([2H])c3n(-c3c([2H])c([2H])c([2H])c([2H])c3-c3nc(N4c5c([2H])c([2H])c([2H])c([2H])c5C5(C)CCCCC45C)nc(-n4c5c([2H])c([2H])c([2H])c([2H])c5c5c([2H])c(-n6c7c([2H])c([2H])c([2H])c([2H])c7c7c([2H])c([2H])c([2H])c([2H])c76)c([2H])c([2H])c54)n3)c2c([2H])c1[2H]. The largest absolute Gasteiger partial charge is 0.309 e. The molecule has 14 rings (SSSR count). The molecule has 0 bridgehead atoms. The van der Waals surface area contributed by atoms with Crippen LogP contribution < -0.4 is 4.90 Å². The van der Waals surface area contributed by atoms with Gasteiger partial charge in [0, 0.05) is 54.7 Å². The summed E-state index contributed by atoms with van der Waals surface area (Å²) in [5, 5.41) is -2.74. The number of nitrogens with zero attached hydrogens (tertiary/aromatic N) is 7. The molecular weight excluding hydrogens is 807 g/mol. The van der Waals surface area contributed by atoms with E-state index in [1.165, 1.54) is 4.90 Å². The molecule has 0 N–H and O–H groups in total. The van der Waals surface area contributed by atoms with Crippen molar-refractivity contribution >= 4 is 77.1 Å². The highest BCUT2D eigenvalue weighted by Crippen LogP contribution is 2.60. The van der Waals surface area contributed by atoms with Crippen molar-refractivity contribution < 1.29 is 41.1 Å². The van der Waals surface area contributed by atoms with Gasteiger partial charge in [0.15, 0.2) is 5.82 Å². The van der Waals surface area contributed by atoms with Gasteiger partial charge in [-0.05, 0) is 91.8 Å². The Labute approximate surface area is 424 Å². The Bertz CT molecular complexity index is 5660. The Morgan fingerprint density at radius 3 is 1.68 bits per heavy atom. The highest BCUT2D eigenvalue weighted by Gasteiger charge is 2.58. The summed E-state index contributed by atoms with van der Waals surface area (Å²) in [6.45, 7) is 3.54. The summed E-state index contributed by atoms with van der Waals surface area (Å²) >= 11 is 0. The van der Waals surface area contributed by atoms with Crippen molar-refractivity contribution in [1.82, 2.24) is 28.7 Å².